The molecule has 1 aliphatic carbocycles. The molecule has 1 aliphatic rings. The summed E-state index contributed by atoms with van der Waals surface area (Å²) in [5.74, 6) is 0.737. The zero-order valence-corrected chi connectivity index (χ0v) is 13.5. The van der Waals surface area contributed by atoms with Gasteiger partial charge in [-0.3, -0.25) is 4.90 Å². The van der Waals surface area contributed by atoms with Gasteiger partial charge >= 0.3 is 0 Å². The molecule has 1 N–H and O–H groups in total. The molecule has 114 valence electrons. The average molecular weight is 270 g/mol. The fourth-order valence-corrected chi connectivity index (χ4v) is 3.13. The molecule has 1 saturated carbocycles. The number of hydrogen-bond acceptors (Lipinski definition) is 3. The maximum absolute atomic E-state index is 5.28. The van der Waals surface area contributed by atoms with Gasteiger partial charge < -0.3 is 10.1 Å². The largest absolute Gasteiger partial charge is 0.383 e. The van der Waals surface area contributed by atoms with Crippen molar-refractivity contribution < 1.29 is 4.74 Å². The van der Waals surface area contributed by atoms with Crippen LogP contribution in [0.3, 0.4) is 0 Å². The summed E-state index contributed by atoms with van der Waals surface area (Å²) in [7, 11) is 1.81. The molecule has 1 fully saturated rings. The summed E-state index contributed by atoms with van der Waals surface area (Å²) in [6.07, 6.45) is 6.64. The normalized spacial score (nSPS) is 24.3. The monoisotopic (exact) mass is 270 g/mol. The number of ether oxygens (including phenoxy) is 1. The van der Waals surface area contributed by atoms with Crippen LogP contribution in [0.25, 0.3) is 0 Å². The molecule has 0 aliphatic heterocycles. The first-order chi connectivity index (χ1) is 9.17. The highest BCUT2D eigenvalue weighted by atomic mass is 16.5. The van der Waals surface area contributed by atoms with Crippen LogP contribution >= 0.6 is 0 Å². The lowest BCUT2D eigenvalue weighted by molar-refractivity contribution is 0.0851. The second-order valence-corrected chi connectivity index (χ2v) is 6.35. The van der Waals surface area contributed by atoms with E-state index < -0.39 is 0 Å². The molecule has 3 nitrogen and oxygen atoms in total. The lowest BCUT2D eigenvalue weighted by Crippen LogP contribution is -2.46. The van der Waals surface area contributed by atoms with E-state index in [1.807, 2.05) is 0 Å². The molecule has 19 heavy (non-hydrogen) atoms. The highest BCUT2D eigenvalue weighted by Crippen LogP contribution is 2.24. The summed E-state index contributed by atoms with van der Waals surface area (Å²) in [4.78, 5) is 2.66. The topological polar surface area (TPSA) is 24.5 Å². The van der Waals surface area contributed by atoms with Crippen molar-refractivity contribution in [2.24, 2.45) is 5.92 Å². The molecule has 0 heterocycles. The van der Waals surface area contributed by atoms with Crippen LogP contribution in [0.15, 0.2) is 0 Å². The second-order valence-electron chi connectivity index (χ2n) is 6.35. The van der Waals surface area contributed by atoms with Crippen LogP contribution in [0.2, 0.25) is 0 Å². The van der Waals surface area contributed by atoms with E-state index in [-0.39, 0.29) is 0 Å². The summed E-state index contributed by atoms with van der Waals surface area (Å²) >= 11 is 0. The Bertz CT molecular complexity index is 221. The van der Waals surface area contributed by atoms with E-state index in [0.29, 0.717) is 0 Å². The highest BCUT2D eigenvalue weighted by Gasteiger charge is 2.26. The second kappa shape index (κ2) is 9.73. The summed E-state index contributed by atoms with van der Waals surface area (Å²) < 4.78 is 5.28. The van der Waals surface area contributed by atoms with Gasteiger partial charge in [0.15, 0.2) is 0 Å². The van der Waals surface area contributed by atoms with Crippen molar-refractivity contribution in [1.29, 1.82) is 0 Å². The minimum atomic E-state index is 0.732. The van der Waals surface area contributed by atoms with Gasteiger partial charge in [-0.05, 0) is 38.1 Å². The molecule has 0 radical (unpaired) electrons. The number of methoxy groups -OCH3 is 1. The van der Waals surface area contributed by atoms with Crippen molar-refractivity contribution in [3.8, 4) is 0 Å². The number of nitrogens with zero attached hydrogens (tertiary/aromatic N) is 1. The number of nitrogens with one attached hydrogen (secondary N) is 1. The van der Waals surface area contributed by atoms with E-state index in [4.69, 9.17) is 4.74 Å². The fourth-order valence-electron chi connectivity index (χ4n) is 3.13. The van der Waals surface area contributed by atoms with Crippen molar-refractivity contribution in [3.05, 3.63) is 0 Å². The van der Waals surface area contributed by atoms with Crippen molar-refractivity contribution in [2.45, 2.75) is 65.0 Å². The van der Waals surface area contributed by atoms with E-state index >= 15 is 0 Å². The molecule has 0 saturated heterocycles. The summed E-state index contributed by atoms with van der Waals surface area (Å²) in [5.41, 5.74) is 0. The molecule has 2 unspecified atom stereocenters. The van der Waals surface area contributed by atoms with Crippen LogP contribution in [-0.2, 0) is 4.74 Å². The number of hydrogen-bond donors (Lipinski definition) is 1. The Kier molecular flexibility index (Phi) is 8.67. The van der Waals surface area contributed by atoms with Crippen molar-refractivity contribution in [1.82, 2.24) is 10.2 Å². The number of rotatable bonds is 9. The van der Waals surface area contributed by atoms with Crippen LogP contribution in [0.4, 0.5) is 0 Å². The van der Waals surface area contributed by atoms with Crippen LogP contribution in [0.1, 0.15) is 52.9 Å². The molecule has 0 aromatic carbocycles. The standard InChI is InChI=1S/C16H34N2O/c1-5-9-17-15-7-6-8-16(12-15)18(10-11-19-4)13-14(2)3/h14-17H,5-13H2,1-4H3. The zero-order valence-electron chi connectivity index (χ0n) is 13.5. The molecule has 2 atom stereocenters. The third-order valence-corrected chi connectivity index (χ3v) is 4.03. The van der Waals surface area contributed by atoms with Crippen molar-refractivity contribution in [3.63, 3.8) is 0 Å². The first-order valence-electron chi connectivity index (χ1n) is 8.13. The summed E-state index contributed by atoms with van der Waals surface area (Å²) in [5, 5.41) is 3.71. The Morgan fingerprint density at radius 1 is 1.32 bits per heavy atom. The van der Waals surface area contributed by atoms with Gasteiger partial charge in [-0.1, -0.05) is 27.2 Å². The maximum Gasteiger partial charge on any atom is 0.0589 e. The minimum Gasteiger partial charge on any atom is -0.383 e. The predicted molar refractivity (Wildman–Crippen MR) is 82.6 cm³/mol. The summed E-state index contributed by atoms with van der Waals surface area (Å²) in [6.45, 7) is 11.2. The Morgan fingerprint density at radius 3 is 2.74 bits per heavy atom. The quantitative estimate of drug-likeness (QED) is 0.697. The molecule has 1 rings (SSSR count). The van der Waals surface area contributed by atoms with E-state index in [9.17, 15) is 0 Å². The van der Waals surface area contributed by atoms with Crippen LogP contribution < -0.4 is 5.32 Å². The zero-order chi connectivity index (χ0) is 14.1. The Labute approximate surface area is 120 Å². The van der Waals surface area contributed by atoms with Crippen LogP contribution in [0.5, 0.6) is 0 Å². The molecular weight excluding hydrogens is 236 g/mol. The Hall–Kier alpha value is -0.120. The third kappa shape index (κ3) is 6.73. The van der Waals surface area contributed by atoms with Crippen LogP contribution in [0, 0.1) is 5.92 Å². The fraction of sp³-hybridized carbons (Fsp3) is 1.00. The van der Waals surface area contributed by atoms with E-state index in [1.54, 1.807) is 7.11 Å². The van der Waals surface area contributed by atoms with Crippen LogP contribution in [-0.4, -0.2) is 50.3 Å². The highest BCUT2D eigenvalue weighted by molar-refractivity contribution is 4.84. The lowest BCUT2D eigenvalue weighted by atomic mass is 9.89. The van der Waals surface area contributed by atoms with E-state index in [2.05, 4.69) is 31.0 Å². The molecule has 0 aromatic rings. The van der Waals surface area contributed by atoms with Gasteiger partial charge in [-0.2, -0.15) is 0 Å². The van der Waals surface area contributed by atoms with Gasteiger partial charge in [0.1, 0.15) is 0 Å². The Balaban J connectivity index is 2.46. The summed E-state index contributed by atoms with van der Waals surface area (Å²) in [6, 6.07) is 1.48. The lowest BCUT2D eigenvalue weighted by Gasteiger charge is -2.38. The molecule has 3 heteroatoms. The molecule has 0 amide bonds. The Morgan fingerprint density at radius 2 is 2.11 bits per heavy atom. The predicted octanol–water partition coefficient (Wildman–Crippen LogP) is 2.90. The van der Waals surface area contributed by atoms with E-state index in [0.717, 1.165) is 31.2 Å². The SMILES string of the molecule is CCCNC1CCCC(N(CCOC)CC(C)C)C1. The van der Waals surface area contributed by atoms with Gasteiger partial charge in [0.25, 0.3) is 0 Å². The smallest absolute Gasteiger partial charge is 0.0589 e. The molecule has 0 aromatic heterocycles. The van der Waals surface area contributed by atoms with Gasteiger partial charge in [0.05, 0.1) is 6.61 Å². The maximum atomic E-state index is 5.28. The van der Waals surface area contributed by atoms with Gasteiger partial charge in [0.2, 0.25) is 0 Å². The first-order valence-corrected chi connectivity index (χ1v) is 8.13. The van der Waals surface area contributed by atoms with Gasteiger partial charge in [-0.15, -0.1) is 0 Å². The first kappa shape index (κ1) is 16.9. The van der Waals surface area contributed by atoms with Gasteiger partial charge in [-0.25, -0.2) is 0 Å². The van der Waals surface area contributed by atoms with E-state index in [1.165, 1.54) is 45.2 Å². The molecular formula is C16H34N2O. The van der Waals surface area contributed by atoms with Gasteiger partial charge in [0, 0.05) is 32.3 Å². The van der Waals surface area contributed by atoms with Crippen molar-refractivity contribution in [2.75, 3.05) is 33.4 Å². The molecule has 0 bridgehead atoms. The molecule has 0 spiro atoms. The third-order valence-electron chi connectivity index (χ3n) is 4.03. The van der Waals surface area contributed by atoms with Crippen molar-refractivity contribution >= 4 is 0 Å². The minimum absolute atomic E-state index is 0.732. The average Bonchev–Trinajstić information content (AvgIpc) is 2.41.